The maximum absolute atomic E-state index is 12.6. The van der Waals surface area contributed by atoms with Crippen LogP contribution in [-0.2, 0) is 11.3 Å². The van der Waals surface area contributed by atoms with Gasteiger partial charge in [-0.2, -0.15) is 0 Å². The van der Waals surface area contributed by atoms with Crippen molar-refractivity contribution >= 4 is 17.7 Å². The Hall–Kier alpha value is -2.82. The van der Waals surface area contributed by atoms with Crippen LogP contribution in [-0.4, -0.2) is 36.6 Å². The van der Waals surface area contributed by atoms with Crippen LogP contribution < -0.4 is 4.90 Å². The Morgan fingerprint density at radius 3 is 2.42 bits per heavy atom. The van der Waals surface area contributed by atoms with Crippen LogP contribution in [0.15, 0.2) is 54.6 Å². The number of urea groups is 1. The van der Waals surface area contributed by atoms with Crippen LogP contribution in [0.5, 0.6) is 0 Å². The molecule has 0 atom stereocenters. The molecule has 0 bridgehead atoms. The number of nitrogens with zero attached hydrogens (tertiary/aromatic N) is 2. The van der Waals surface area contributed by atoms with E-state index in [1.807, 2.05) is 35.2 Å². The van der Waals surface area contributed by atoms with Crippen molar-refractivity contribution < 1.29 is 14.3 Å². The molecule has 0 N–H and O–H groups in total. The topological polar surface area (TPSA) is 49.9 Å². The van der Waals surface area contributed by atoms with Gasteiger partial charge in [0.15, 0.2) is 0 Å². The first-order valence-corrected chi connectivity index (χ1v) is 8.06. The van der Waals surface area contributed by atoms with Gasteiger partial charge in [0, 0.05) is 25.3 Å². The summed E-state index contributed by atoms with van der Waals surface area (Å²) in [6.07, 6.45) is 0. The molecule has 1 fully saturated rings. The number of benzene rings is 2. The quantitative estimate of drug-likeness (QED) is 0.793. The zero-order valence-corrected chi connectivity index (χ0v) is 13.6. The lowest BCUT2D eigenvalue weighted by Crippen LogP contribution is -2.31. The molecule has 0 spiro atoms. The molecule has 0 unspecified atom stereocenters. The lowest BCUT2D eigenvalue weighted by Gasteiger charge is -2.19. The highest BCUT2D eigenvalue weighted by molar-refractivity contribution is 5.95. The Kier molecular flexibility index (Phi) is 4.79. The molecule has 0 aliphatic carbocycles. The van der Waals surface area contributed by atoms with Gasteiger partial charge in [-0.3, -0.25) is 4.90 Å². The molecule has 0 aromatic heterocycles. The Bertz CT molecular complexity index is 713. The van der Waals surface area contributed by atoms with E-state index in [9.17, 15) is 9.59 Å². The molecule has 24 heavy (non-hydrogen) atoms. The van der Waals surface area contributed by atoms with Crippen LogP contribution in [0.1, 0.15) is 22.8 Å². The third-order valence-electron chi connectivity index (χ3n) is 4.00. The molecule has 1 saturated heterocycles. The van der Waals surface area contributed by atoms with E-state index in [4.69, 9.17) is 4.74 Å². The maximum atomic E-state index is 12.6. The smallest absolute Gasteiger partial charge is 0.338 e. The molecule has 124 valence electrons. The van der Waals surface area contributed by atoms with Crippen molar-refractivity contribution in [3.8, 4) is 0 Å². The lowest BCUT2D eigenvalue weighted by atomic mass is 10.2. The maximum Gasteiger partial charge on any atom is 0.338 e. The standard InChI is InChI=1S/C19H20N2O3/c1-2-24-18(22)16-8-10-17(11-9-16)21-13-12-20(19(21)23)14-15-6-4-3-5-7-15/h3-11H,2,12-14H2,1H3. The van der Waals surface area contributed by atoms with Crippen molar-refractivity contribution in [1.82, 2.24) is 4.90 Å². The van der Waals surface area contributed by atoms with Gasteiger partial charge in [0.1, 0.15) is 0 Å². The fourth-order valence-corrected chi connectivity index (χ4v) is 2.76. The van der Waals surface area contributed by atoms with Crippen LogP contribution >= 0.6 is 0 Å². The van der Waals surface area contributed by atoms with E-state index in [0.29, 0.717) is 31.8 Å². The zero-order valence-electron chi connectivity index (χ0n) is 13.6. The van der Waals surface area contributed by atoms with E-state index in [2.05, 4.69) is 0 Å². The number of hydrogen-bond donors (Lipinski definition) is 0. The first-order valence-electron chi connectivity index (χ1n) is 8.06. The highest BCUT2D eigenvalue weighted by Crippen LogP contribution is 2.22. The number of amides is 2. The summed E-state index contributed by atoms with van der Waals surface area (Å²) in [6.45, 7) is 4.06. The number of carbonyl (C=O) groups excluding carboxylic acids is 2. The van der Waals surface area contributed by atoms with Gasteiger partial charge >= 0.3 is 12.0 Å². The Morgan fingerprint density at radius 1 is 1.04 bits per heavy atom. The molecule has 1 heterocycles. The summed E-state index contributed by atoms with van der Waals surface area (Å²) in [7, 11) is 0. The summed E-state index contributed by atoms with van der Waals surface area (Å²) in [5, 5.41) is 0. The summed E-state index contributed by atoms with van der Waals surface area (Å²) in [6, 6.07) is 16.9. The van der Waals surface area contributed by atoms with Gasteiger partial charge in [-0.25, -0.2) is 9.59 Å². The number of anilines is 1. The first kappa shape index (κ1) is 16.1. The van der Waals surface area contributed by atoms with Crippen molar-refractivity contribution in [2.24, 2.45) is 0 Å². The number of carbonyl (C=O) groups is 2. The monoisotopic (exact) mass is 324 g/mol. The highest BCUT2D eigenvalue weighted by atomic mass is 16.5. The Labute approximate surface area is 141 Å². The van der Waals surface area contributed by atoms with E-state index in [1.165, 1.54) is 0 Å². The molecule has 2 aromatic rings. The Morgan fingerprint density at radius 2 is 1.75 bits per heavy atom. The van der Waals surface area contributed by atoms with E-state index >= 15 is 0 Å². The summed E-state index contributed by atoms with van der Waals surface area (Å²) in [5.74, 6) is -0.345. The summed E-state index contributed by atoms with van der Waals surface area (Å²) >= 11 is 0. The van der Waals surface area contributed by atoms with Crippen LogP contribution in [0, 0.1) is 0 Å². The molecule has 2 amide bonds. The van der Waals surface area contributed by atoms with Crippen molar-refractivity contribution in [3.05, 3.63) is 65.7 Å². The SMILES string of the molecule is CCOC(=O)c1ccc(N2CCN(Cc3ccccc3)C2=O)cc1. The van der Waals surface area contributed by atoms with Gasteiger partial charge in [-0.15, -0.1) is 0 Å². The van der Waals surface area contributed by atoms with E-state index in [-0.39, 0.29) is 12.0 Å². The molecule has 2 aromatic carbocycles. The van der Waals surface area contributed by atoms with Crippen molar-refractivity contribution in [2.75, 3.05) is 24.6 Å². The van der Waals surface area contributed by atoms with Crippen LogP contribution in [0.3, 0.4) is 0 Å². The molecular formula is C19H20N2O3. The predicted octanol–water partition coefficient (Wildman–Crippen LogP) is 3.31. The van der Waals surface area contributed by atoms with Crippen molar-refractivity contribution in [2.45, 2.75) is 13.5 Å². The van der Waals surface area contributed by atoms with Gasteiger partial charge in [0.25, 0.3) is 0 Å². The summed E-state index contributed by atoms with van der Waals surface area (Å²) in [4.78, 5) is 27.8. The van der Waals surface area contributed by atoms with Gasteiger partial charge in [-0.05, 0) is 36.8 Å². The second-order valence-corrected chi connectivity index (χ2v) is 5.61. The van der Waals surface area contributed by atoms with Crippen molar-refractivity contribution in [3.63, 3.8) is 0 Å². The lowest BCUT2D eigenvalue weighted by molar-refractivity contribution is 0.0526. The molecule has 1 aliphatic rings. The fourth-order valence-electron chi connectivity index (χ4n) is 2.76. The predicted molar refractivity (Wildman–Crippen MR) is 92.0 cm³/mol. The first-order chi connectivity index (χ1) is 11.7. The normalized spacial score (nSPS) is 14.1. The molecule has 5 nitrogen and oxygen atoms in total. The highest BCUT2D eigenvalue weighted by Gasteiger charge is 2.29. The molecule has 5 heteroatoms. The van der Waals surface area contributed by atoms with Gasteiger partial charge < -0.3 is 9.64 Å². The summed E-state index contributed by atoms with van der Waals surface area (Å²) in [5.41, 5.74) is 2.40. The van der Waals surface area contributed by atoms with Crippen LogP contribution in [0.4, 0.5) is 10.5 Å². The molecular weight excluding hydrogens is 304 g/mol. The molecule has 0 saturated carbocycles. The third-order valence-corrected chi connectivity index (χ3v) is 4.00. The number of hydrogen-bond acceptors (Lipinski definition) is 3. The number of esters is 1. The van der Waals surface area contributed by atoms with Crippen molar-refractivity contribution in [1.29, 1.82) is 0 Å². The van der Waals surface area contributed by atoms with E-state index < -0.39 is 0 Å². The van der Waals surface area contributed by atoms with E-state index in [0.717, 1.165) is 11.3 Å². The van der Waals surface area contributed by atoms with Crippen LogP contribution in [0.25, 0.3) is 0 Å². The Balaban J connectivity index is 1.67. The number of ether oxygens (including phenoxy) is 1. The minimum Gasteiger partial charge on any atom is -0.462 e. The fraction of sp³-hybridized carbons (Fsp3) is 0.263. The van der Waals surface area contributed by atoms with Gasteiger partial charge in [-0.1, -0.05) is 30.3 Å². The zero-order chi connectivity index (χ0) is 16.9. The molecule has 1 aliphatic heterocycles. The minimum atomic E-state index is -0.345. The van der Waals surface area contributed by atoms with Gasteiger partial charge in [0.2, 0.25) is 0 Å². The van der Waals surface area contributed by atoms with E-state index in [1.54, 1.807) is 36.1 Å². The number of rotatable bonds is 5. The third kappa shape index (κ3) is 3.40. The molecule has 3 rings (SSSR count). The largest absolute Gasteiger partial charge is 0.462 e. The second-order valence-electron chi connectivity index (χ2n) is 5.61. The molecule has 0 radical (unpaired) electrons. The average molecular weight is 324 g/mol. The summed E-state index contributed by atoms with van der Waals surface area (Å²) < 4.78 is 4.97. The second kappa shape index (κ2) is 7.17. The minimum absolute atomic E-state index is 0.0114. The average Bonchev–Trinajstić information content (AvgIpc) is 2.97. The van der Waals surface area contributed by atoms with Gasteiger partial charge in [0.05, 0.1) is 12.2 Å². The van der Waals surface area contributed by atoms with Crippen LogP contribution in [0.2, 0.25) is 0 Å².